The number of anilines is 1. The molecule has 0 saturated carbocycles. The highest BCUT2D eigenvalue weighted by atomic mass is 35.5. The highest BCUT2D eigenvalue weighted by Crippen LogP contribution is 2.24. The zero-order valence-corrected chi connectivity index (χ0v) is 14.9. The van der Waals surface area contributed by atoms with Crippen molar-refractivity contribution in [1.82, 2.24) is 5.32 Å². The molecule has 0 heterocycles. The molecule has 0 aromatic heterocycles. The molecular weight excluding hydrogens is 348 g/mol. The van der Waals surface area contributed by atoms with Gasteiger partial charge in [-0.25, -0.2) is 0 Å². The minimum Gasteiger partial charge on any atom is -0.488 e. The number of carbonyl (C=O) groups excluding carboxylic acids is 1. The van der Waals surface area contributed by atoms with Gasteiger partial charge in [-0.05, 0) is 42.0 Å². The lowest BCUT2D eigenvalue weighted by Crippen LogP contribution is -2.23. The molecule has 0 radical (unpaired) electrons. The number of amides is 1. The van der Waals surface area contributed by atoms with Crippen molar-refractivity contribution in [3.8, 4) is 5.75 Å². The fourth-order valence-electron chi connectivity index (χ4n) is 2.46. The standard InChI is InChI=1S/C21H19ClN2O2/c22-18-9-6-17(13-24-21(25)16-7-10-19(23)11-8-16)20(12-18)26-14-15-4-2-1-3-5-15/h1-12H,13-14,23H2,(H,24,25). The van der Waals surface area contributed by atoms with Gasteiger partial charge in [0.05, 0.1) is 0 Å². The summed E-state index contributed by atoms with van der Waals surface area (Å²) >= 11 is 6.09. The van der Waals surface area contributed by atoms with E-state index in [1.165, 1.54) is 0 Å². The van der Waals surface area contributed by atoms with E-state index in [0.29, 0.717) is 35.2 Å². The van der Waals surface area contributed by atoms with Crippen LogP contribution in [0.2, 0.25) is 5.02 Å². The van der Waals surface area contributed by atoms with Crippen LogP contribution in [0.4, 0.5) is 5.69 Å². The monoisotopic (exact) mass is 366 g/mol. The topological polar surface area (TPSA) is 64.4 Å². The summed E-state index contributed by atoms with van der Waals surface area (Å²) in [7, 11) is 0. The van der Waals surface area contributed by atoms with Gasteiger partial charge in [0.25, 0.3) is 5.91 Å². The Morgan fingerprint density at radius 3 is 2.46 bits per heavy atom. The summed E-state index contributed by atoms with van der Waals surface area (Å²) in [4.78, 5) is 12.3. The molecule has 0 aliphatic rings. The van der Waals surface area contributed by atoms with Gasteiger partial charge in [-0.15, -0.1) is 0 Å². The highest BCUT2D eigenvalue weighted by molar-refractivity contribution is 6.30. The van der Waals surface area contributed by atoms with E-state index in [1.54, 1.807) is 36.4 Å². The molecule has 3 aromatic rings. The van der Waals surface area contributed by atoms with Crippen molar-refractivity contribution in [2.45, 2.75) is 13.2 Å². The van der Waals surface area contributed by atoms with Crippen LogP contribution in [0.25, 0.3) is 0 Å². The third kappa shape index (κ3) is 4.77. The van der Waals surface area contributed by atoms with Crippen LogP contribution >= 0.6 is 11.6 Å². The normalized spacial score (nSPS) is 10.3. The van der Waals surface area contributed by atoms with Crippen LogP contribution in [0.15, 0.2) is 72.8 Å². The summed E-state index contributed by atoms with van der Waals surface area (Å²) in [5.41, 5.74) is 8.74. The second-order valence-electron chi connectivity index (χ2n) is 5.83. The van der Waals surface area contributed by atoms with E-state index >= 15 is 0 Å². The summed E-state index contributed by atoms with van der Waals surface area (Å²) in [6, 6.07) is 22.1. The van der Waals surface area contributed by atoms with E-state index in [1.807, 2.05) is 36.4 Å². The van der Waals surface area contributed by atoms with E-state index in [4.69, 9.17) is 22.1 Å². The van der Waals surface area contributed by atoms with Gasteiger partial charge in [-0.3, -0.25) is 4.79 Å². The minimum atomic E-state index is -0.172. The lowest BCUT2D eigenvalue weighted by atomic mass is 10.1. The average molecular weight is 367 g/mol. The number of nitrogen functional groups attached to an aromatic ring is 1. The quantitative estimate of drug-likeness (QED) is 0.634. The summed E-state index contributed by atoms with van der Waals surface area (Å²) in [6.45, 7) is 0.768. The molecule has 0 bridgehead atoms. The first-order valence-electron chi connectivity index (χ1n) is 8.21. The number of benzene rings is 3. The fraction of sp³-hybridized carbons (Fsp3) is 0.0952. The molecule has 0 atom stereocenters. The zero-order chi connectivity index (χ0) is 18.4. The van der Waals surface area contributed by atoms with E-state index in [0.717, 1.165) is 11.1 Å². The number of nitrogens with one attached hydrogen (secondary N) is 1. The number of nitrogens with two attached hydrogens (primary N) is 1. The fourth-order valence-corrected chi connectivity index (χ4v) is 2.62. The Labute approximate surface area is 157 Å². The molecule has 0 aliphatic carbocycles. The van der Waals surface area contributed by atoms with Crippen LogP contribution in [0.3, 0.4) is 0 Å². The van der Waals surface area contributed by atoms with Gasteiger partial charge in [-0.2, -0.15) is 0 Å². The van der Waals surface area contributed by atoms with Crippen LogP contribution in [0.1, 0.15) is 21.5 Å². The molecule has 0 unspecified atom stereocenters. The molecule has 1 amide bonds. The molecule has 0 spiro atoms. The minimum absolute atomic E-state index is 0.172. The van der Waals surface area contributed by atoms with E-state index in [9.17, 15) is 4.79 Å². The Hall–Kier alpha value is -2.98. The first-order chi connectivity index (χ1) is 12.6. The SMILES string of the molecule is Nc1ccc(C(=O)NCc2ccc(Cl)cc2OCc2ccccc2)cc1. The van der Waals surface area contributed by atoms with Crippen molar-refractivity contribution < 1.29 is 9.53 Å². The van der Waals surface area contributed by atoms with Crippen molar-refractivity contribution in [2.75, 3.05) is 5.73 Å². The van der Waals surface area contributed by atoms with Gasteiger partial charge in [0.15, 0.2) is 0 Å². The van der Waals surface area contributed by atoms with Gasteiger partial charge in [0, 0.05) is 28.4 Å². The molecule has 4 nitrogen and oxygen atoms in total. The molecule has 0 fully saturated rings. The van der Waals surface area contributed by atoms with Gasteiger partial charge in [0.1, 0.15) is 12.4 Å². The molecule has 3 N–H and O–H groups in total. The van der Waals surface area contributed by atoms with Crippen molar-refractivity contribution in [2.24, 2.45) is 0 Å². The second kappa shape index (κ2) is 8.41. The molecule has 3 rings (SSSR count). The number of halogens is 1. The van der Waals surface area contributed by atoms with Crippen molar-refractivity contribution in [3.05, 3.63) is 94.5 Å². The van der Waals surface area contributed by atoms with Gasteiger partial charge in [-0.1, -0.05) is 48.0 Å². The smallest absolute Gasteiger partial charge is 0.251 e. The first kappa shape index (κ1) is 17.8. The lowest BCUT2D eigenvalue weighted by Gasteiger charge is -2.13. The summed E-state index contributed by atoms with van der Waals surface area (Å²) in [5, 5.41) is 3.47. The Bertz CT molecular complexity index is 880. The molecule has 26 heavy (non-hydrogen) atoms. The maximum Gasteiger partial charge on any atom is 0.251 e. The average Bonchev–Trinajstić information content (AvgIpc) is 2.66. The summed E-state index contributed by atoms with van der Waals surface area (Å²) in [6.07, 6.45) is 0. The van der Waals surface area contributed by atoms with Gasteiger partial charge in [0.2, 0.25) is 0 Å². The number of ether oxygens (including phenoxy) is 1. The predicted octanol–water partition coefficient (Wildman–Crippen LogP) is 4.43. The van der Waals surface area contributed by atoms with E-state index in [-0.39, 0.29) is 5.91 Å². The zero-order valence-electron chi connectivity index (χ0n) is 14.1. The molecule has 3 aromatic carbocycles. The number of rotatable bonds is 6. The molecule has 0 aliphatic heterocycles. The lowest BCUT2D eigenvalue weighted by molar-refractivity contribution is 0.0950. The number of hydrogen-bond donors (Lipinski definition) is 2. The Morgan fingerprint density at radius 2 is 1.73 bits per heavy atom. The van der Waals surface area contributed by atoms with Gasteiger partial charge >= 0.3 is 0 Å². The molecule has 132 valence electrons. The maximum absolute atomic E-state index is 12.3. The van der Waals surface area contributed by atoms with Crippen LogP contribution in [0, 0.1) is 0 Å². The molecule has 0 saturated heterocycles. The summed E-state index contributed by atoms with van der Waals surface area (Å²) < 4.78 is 5.91. The largest absolute Gasteiger partial charge is 0.488 e. The third-order valence-electron chi connectivity index (χ3n) is 3.88. The molecule has 5 heteroatoms. The van der Waals surface area contributed by atoms with Crippen molar-refractivity contribution in [1.29, 1.82) is 0 Å². The Balaban J connectivity index is 1.67. The first-order valence-corrected chi connectivity index (χ1v) is 8.58. The van der Waals surface area contributed by atoms with Crippen LogP contribution < -0.4 is 15.8 Å². The van der Waals surface area contributed by atoms with Crippen molar-refractivity contribution in [3.63, 3.8) is 0 Å². The predicted molar refractivity (Wildman–Crippen MR) is 104 cm³/mol. The second-order valence-corrected chi connectivity index (χ2v) is 6.27. The molecular formula is C21H19ClN2O2. The van der Waals surface area contributed by atoms with Crippen LogP contribution in [-0.4, -0.2) is 5.91 Å². The van der Waals surface area contributed by atoms with Gasteiger partial charge < -0.3 is 15.8 Å². The van der Waals surface area contributed by atoms with Crippen molar-refractivity contribution >= 4 is 23.2 Å². The Morgan fingerprint density at radius 1 is 1.00 bits per heavy atom. The number of hydrogen-bond acceptors (Lipinski definition) is 3. The van der Waals surface area contributed by atoms with Crippen LogP contribution in [-0.2, 0) is 13.2 Å². The third-order valence-corrected chi connectivity index (χ3v) is 4.11. The Kier molecular flexibility index (Phi) is 5.77. The summed E-state index contributed by atoms with van der Waals surface area (Å²) in [5.74, 6) is 0.480. The maximum atomic E-state index is 12.3. The van der Waals surface area contributed by atoms with Crippen LogP contribution in [0.5, 0.6) is 5.75 Å². The highest BCUT2D eigenvalue weighted by Gasteiger charge is 2.09. The van der Waals surface area contributed by atoms with E-state index in [2.05, 4.69) is 5.32 Å². The number of carbonyl (C=O) groups is 1. The van der Waals surface area contributed by atoms with E-state index < -0.39 is 0 Å².